The van der Waals surface area contributed by atoms with Gasteiger partial charge in [0.1, 0.15) is 0 Å². The molecule has 112 valence electrons. The Bertz CT molecular complexity index is 685. The number of benzene rings is 1. The van der Waals surface area contributed by atoms with E-state index < -0.39 is 11.5 Å². The lowest BCUT2D eigenvalue weighted by atomic mass is 9.74. The third-order valence-electron chi connectivity index (χ3n) is 4.19. The first-order valence-corrected chi connectivity index (χ1v) is 7.42. The molecule has 1 spiro atoms. The van der Waals surface area contributed by atoms with E-state index in [0.29, 0.717) is 12.1 Å². The summed E-state index contributed by atoms with van der Waals surface area (Å²) in [5.41, 5.74) is 0.911. The minimum Gasteiger partial charge on any atom is -0.388 e. The van der Waals surface area contributed by atoms with E-state index in [1.165, 1.54) is 0 Å². The van der Waals surface area contributed by atoms with Gasteiger partial charge in [-0.15, -0.1) is 0 Å². The molecule has 0 radical (unpaired) electrons. The molecule has 0 bridgehead atoms. The van der Waals surface area contributed by atoms with Gasteiger partial charge in [0.2, 0.25) is 0 Å². The molecule has 1 saturated heterocycles. The van der Waals surface area contributed by atoms with E-state index in [-0.39, 0.29) is 5.91 Å². The van der Waals surface area contributed by atoms with Crippen molar-refractivity contribution in [3.05, 3.63) is 78.0 Å². The van der Waals surface area contributed by atoms with Crippen molar-refractivity contribution in [2.45, 2.75) is 13.0 Å². The molecule has 22 heavy (non-hydrogen) atoms. The predicted molar refractivity (Wildman–Crippen MR) is 87.7 cm³/mol. The van der Waals surface area contributed by atoms with E-state index in [1.54, 1.807) is 17.2 Å². The lowest BCUT2D eigenvalue weighted by Gasteiger charge is -2.31. The van der Waals surface area contributed by atoms with Crippen molar-refractivity contribution in [3.8, 4) is 0 Å². The fourth-order valence-electron chi connectivity index (χ4n) is 3.07. The van der Waals surface area contributed by atoms with E-state index in [9.17, 15) is 9.90 Å². The number of aliphatic hydroxyl groups is 1. The Morgan fingerprint density at radius 1 is 1.27 bits per heavy atom. The van der Waals surface area contributed by atoms with Gasteiger partial charge in [0.15, 0.2) is 0 Å². The normalized spacial score (nSPS) is 29.4. The number of aliphatic hydroxyl groups excluding tert-OH is 1. The fourth-order valence-corrected chi connectivity index (χ4v) is 3.07. The summed E-state index contributed by atoms with van der Waals surface area (Å²) < 4.78 is 0. The zero-order chi connectivity index (χ0) is 15.6. The number of carbonyl (C=O) groups is 1. The van der Waals surface area contributed by atoms with E-state index >= 15 is 0 Å². The van der Waals surface area contributed by atoms with Crippen molar-refractivity contribution < 1.29 is 9.90 Å². The molecule has 1 fully saturated rings. The molecule has 0 saturated carbocycles. The van der Waals surface area contributed by atoms with Crippen LogP contribution in [0.5, 0.6) is 0 Å². The van der Waals surface area contributed by atoms with Gasteiger partial charge >= 0.3 is 0 Å². The maximum absolute atomic E-state index is 12.8. The average Bonchev–Trinajstić information content (AvgIpc) is 2.78. The second-order valence-corrected chi connectivity index (χ2v) is 5.61. The highest BCUT2D eigenvalue weighted by Gasteiger charge is 2.50. The molecule has 1 amide bonds. The van der Waals surface area contributed by atoms with E-state index in [2.05, 4.69) is 0 Å². The maximum atomic E-state index is 12.8. The molecular weight excluding hydrogens is 274 g/mol. The number of amides is 1. The Labute approximate surface area is 130 Å². The number of carbonyl (C=O) groups excluding carboxylic acids is 1. The molecule has 3 heteroatoms. The van der Waals surface area contributed by atoms with Gasteiger partial charge in [-0.05, 0) is 18.6 Å². The smallest absolute Gasteiger partial charge is 0.254 e. The Hall–Kier alpha value is -2.39. The fraction of sp³-hybridized carbons (Fsp3) is 0.211. The minimum absolute atomic E-state index is 0.0547. The van der Waals surface area contributed by atoms with Crippen molar-refractivity contribution in [1.29, 1.82) is 0 Å². The molecule has 1 aliphatic heterocycles. The quantitative estimate of drug-likeness (QED) is 0.852. The minimum atomic E-state index is -0.702. The number of hydrogen-bond donors (Lipinski definition) is 1. The third kappa shape index (κ3) is 2.34. The first-order chi connectivity index (χ1) is 10.7. The molecule has 3 rings (SSSR count). The standard InChI is InChI=1S/C19H19NO2/c1-2-12-20-14-19(11-7-6-10-17(19)21)16(18(20)22)13-15-8-4-3-5-9-15/h2-13,17,21H,14H2,1H3/b12-2+,16-13+/t17-,19+/m0/s1. The van der Waals surface area contributed by atoms with Gasteiger partial charge in [-0.2, -0.15) is 0 Å². The molecule has 3 nitrogen and oxygen atoms in total. The number of nitrogens with zero attached hydrogens (tertiary/aromatic N) is 1. The van der Waals surface area contributed by atoms with Crippen LogP contribution in [0, 0.1) is 5.41 Å². The van der Waals surface area contributed by atoms with E-state index in [1.807, 2.05) is 67.6 Å². The van der Waals surface area contributed by atoms with E-state index in [4.69, 9.17) is 0 Å². The SMILES string of the molecule is C/C=C/N1C[C@]2(C=CC=C[C@@H]2O)/C(=C/c2ccccc2)C1=O. The van der Waals surface area contributed by atoms with Crippen LogP contribution in [0.25, 0.3) is 6.08 Å². The van der Waals surface area contributed by atoms with Crippen LogP contribution in [0.2, 0.25) is 0 Å². The van der Waals surface area contributed by atoms with Gasteiger partial charge < -0.3 is 10.0 Å². The highest BCUT2D eigenvalue weighted by Crippen LogP contribution is 2.44. The molecule has 0 unspecified atom stereocenters. The summed E-state index contributed by atoms with van der Waals surface area (Å²) in [4.78, 5) is 14.4. The topological polar surface area (TPSA) is 40.5 Å². The molecule has 1 aromatic rings. The van der Waals surface area contributed by atoms with Crippen molar-refractivity contribution in [3.63, 3.8) is 0 Å². The van der Waals surface area contributed by atoms with Crippen molar-refractivity contribution in [2.75, 3.05) is 6.54 Å². The molecule has 2 atom stereocenters. The van der Waals surface area contributed by atoms with Crippen LogP contribution in [0.3, 0.4) is 0 Å². The van der Waals surface area contributed by atoms with Crippen LogP contribution in [-0.4, -0.2) is 28.6 Å². The highest BCUT2D eigenvalue weighted by atomic mass is 16.3. The number of likely N-dealkylation sites (tertiary alicyclic amines) is 1. The predicted octanol–water partition coefficient (Wildman–Crippen LogP) is 2.92. The second kappa shape index (κ2) is 5.78. The number of allylic oxidation sites excluding steroid dienone is 3. The van der Waals surface area contributed by atoms with Gasteiger partial charge in [0.05, 0.1) is 11.5 Å². The summed E-state index contributed by atoms with van der Waals surface area (Å²) in [6.07, 6.45) is 12.2. The molecular formula is C19H19NO2. The van der Waals surface area contributed by atoms with Gasteiger partial charge in [0.25, 0.3) is 5.91 Å². The van der Waals surface area contributed by atoms with Crippen molar-refractivity contribution in [2.24, 2.45) is 5.41 Å². The second-order valence-electron chi connectivity index (χ2n) is 5.61. The summed E-state index contributed by atoms with van der Waals surface area (Å²) in [7, 11) is 0. The van der Waals surface area contributed by atoms with Crippen LogP contribution in [-0.2, 0) is 4.79 Å². The highest BCUT2D eigenvalue weighted by molar-refractivity contribution is 6.03. The monoisotopic (exact) mass is 293 g/mol. The maximum Gasteiger partial charge on any atom is 0.254 e. The zero-order valence-corrected chi connectivity index (χ0v) is 12.5. The molecule has 1 aromatic carbocycles. The first kappa shape index (κ1) is 14.5. The van der Waals surface area contributed by atoms with Crippen LogP contribution in [0.4, 0.5) is 0 Å². The lowest BCUT2D eigenvalue weighted by molar-refractivity contribution is -0.122. The summed E-state index contributed by atoms with van der Waals surface area (Å²) in [5.74, 6) is -0.0547. The zero-order valence-electron chi connectivity index (χ0n) is 12.5. The Morgan fingerprint density at radius 2 is 2.05 bits per heavy atom. The van der Waals surface area contributed by atoms with Gasteiger partial charge in [-0.3, -0.25) is 4.79 Å². The molecule has 2 aliphatic rings. The van der Waals surface area contributed by atoms with Crippen LogP contribution in [0.1, 0.15) is 12.5 Å². The Balaban J connectivity index is 2.11. The van der Waals surface area contributed by atoms with Crippen LogP contribution >= 0.6 is 0 Å². The molecule has 1 aliphatic carbocycles. The summed E-state index contributed by atoms with van der Waals surface area (Å²) in [5, 5.41) is 10.5. The lowest BCUT2D eigenvalue weighted by Crippen LogP contribution is -2.36. The Morgan fingerprint density at radius 3 is 2.73 bits per heavy atom. The Kier molecular flexibility index (Phi) is 3.82. The van der Waals surface area contributed by atoms with E-state index in [0.717, 1.165) is 5.56 Å². The van der Waals surface area contributed by atoms with Crippen molar-refractivity contribution >= 4 is 12.0 Å². The van der Waals surface area contributed by atoms with Gasteiger partial charge in [-0.25, -0.2) is 0 Å². The van der Waals surface area contributed by atoms with Gasteiger partial charge in [0, 0.05) is 18.3 Å². The number of hydrogen-bond acceptors (Lipinski definition) is 2. The summed E-state index contributed by atoms with van der Waals surface area (Å²) in [6, 6.07) is 9.74. The molecule has 0 aromatic heterocycles. The van der Waals surface area contributed by atoms with Crippen molar-refractivity contribution in [1.82, 2.24) is 4.90 Å². The average molecular weight is 293 g/mol. The van der Waals surface area contributed by atoms with Crippen LogP contribution < -0.4 is 0 Å². The van der Waals surface area contributed by atoms with Gasteiger partial charge in [-0.1, -0.05) is 60.7 Å². The molecule has 1 N–H and O–H groups in total. The summed E-state index contributed by atoms with van der Waals surface area (Å²) in [6.45, 7) is 2.34. The summed E-state index contributed by atoms with van der Waals surface area (Å²) >= 11 is 0. The largest absolute Gasteiger partial charge is 0.388 e. The third-order valence-corrected chi connectivity index (χ3v) is 4.19. The number of rotatable bonds is 2. The molecule has 1 heterocycles. The first-order valence-electron chi connectivity index (χ1n) is 7.42. The van der Waals surface area contributed by atoms with Crippen LogP contribution in [0.15, 0.2) is 72.5 Å².